The van der Waals surface area contributed by atoms with Crippen LogP contribution in [0, 0.1) is 6.92 Å². The molecule has 10 heteroatoms. The first-order valence-corrected chi connectivity index (χ1v) is 10.0. The lowest BCUT2D eigenvalue weighted by Crippen LogP contribution is -2.39. The lowest BCUT2D eigenvalue weighted by molar-refractivity contribution is 0.0925. The maximum absolute atomic E-state index is 12.0. The highest BCUT2D eigenvalue weighted by molar-refractivity contribution is 14.0. The van der Waals surface area contributed by atoms with E-state index < -0.39 is 0 Å². The number of methoxy groups -OCH3 is 1. The van der Waals surface area contributed by atoms with Gasteiger partial charge >= 0.3 is 0 Å². The second kappa shape index (κ2) is 12.8. The number of nitrogens with zero attached hydrogens (tertiary/aromatic N) is 3. The average Bonchev–Trinajstić information content (AvgIpc) is 3.32. The highest BCUT2D eigenvalue weighted by atomic mass is 127. The van der Waals surface area contributed by atoms with Crippen LogP contribution in [0.5, 0.6) is 0 Å². The first-order chi connectivity index (χ1) is 13.5. The van der Waals surface area contributed by atoms with Gasteiger partial charge in [0.25, 0.3) is 5.91 Å². The number of furan rings is 1. The Morgan fingerprint density at radius 2 is 2.14 bits per heavy atom. The maximum Gasteiger partial charge on any atom is 0.287 e. The summed E-state index contributed by atoms with van der Waals surface area (Å²) >= 11 is 1.60. The molecule has 0 fully saturated rings. The fourth-order valence-corrected chi connectivity index (χ4v) is 3.40. The summed E-state index contributed by atoms with van der Waals surface area (Å²) < 4.78 is 10.5. The monoisotopic (exact) mass is 535 g/mol. The Bertz CT molecular complexity index is 792. The second-order valence-corrected chi connectivity index (χ2v) is 7.32. The van der Waals surface area contributed by atoms with Gasteiger partial charge in [0.15, 0.2) is 11.7 Å². The number of carbonyl (C=O) groups excluding carboxylic acids is 1. The number of amides is 1. The van der Waals surface area contributed by atoms with Crippen LogP contribution in [-0.2, 0) is 11.3 Å². The second-order valence-electron chi connectivity index (χ2n) is 6.43. The van der Waals surface area contributed by atoms with Gasteiger partial charge < -0.3 is 24.7 Å². The van der Waals surface area contributed by atoms with Crippen LogP contribution >= 0.6 is 35.3 Å². The lowest BCUT2D eigenvalue weighted by atomic mass is 10.2. The number of nitrogens with one attached hydrogen (secondary N) is 2. The van der Waals surface area contributed by atoms with E-state index in [1.165, 1.54) is 6.26 Å². The smallest absolute Gasteiger partial charge is 0.287 e. The minimum atomic E-state index is -0.186. The molecule has 0 spiro atoms. The summed E-state index contributed by atoms with van der Waals surface area (Å²) in [5.41, 5.74) is 1.82. The zero-order valence-corrected chi connectivity index (χ0v) is 20.7. The molecule has 2 N–H and O–H groups in total. The number of carbonyl (C=O) groups is 1. The van der Waals surface area contributed by atoms with Crippen LogP contribution < -0.4 is 10.6 Å². The molecule has 162 valence electrons. The van der Waals surface area contributed by atoms with Crippen LogP contribution in [0.25, 0.3) is 0 Å². The van der Waals surface area contributed by atoms with E-state index >= 15 is 0 Å². The zero-order valence-electron chi connectivity index (χ0n) is 17.5. The van der Waals surface area contributed by atoms with Crippen LogP contribution in [0.1, 0.15) is 46.3 Å². The summed E-state index contributed by atoms with van der Waals surface area (Å²) in [5.74, 6) is 0.963. The first-order valence-electron chi connectivity index (χ1n) is 9.17. The Morgan fingerprint density at radius 1 is 1.41 bits per heavy atom. The van der Waals surface area contributed by atoms with Gasteiger partial charge in [-0.05, 0) is 26.3 Å². The molecular weight excluding hydrogens is 505 g/mol. The molecule has 0 aromatic carbocycles. The van der Waals surface area contributed by atoms with Gasteiger partial charge in [0, 0.05) is 45.2 Å². The molecule has 1 atom stereocenters. The number of rotatable bonds is 9. The van der Waals surface area contributed by atoms with E-state index in [2.05, 4.69) is 20.6 Å². The van der Waals surface area contributed by atoms with E-state index in [4.69, 9.17) is 9.15 Å². The topological polar surface area (TPSA) is 92.0 Å². The van der Waals surface area contributed by atoms with Crippen molar-refractivity contribution in [1.82, 2.24) is 20.5 Å². The van der Waals surface area contributed by atoms with E-state index in [9.17, 15) is 4.79 Å². The van der Waals surface area contributed by atoms with Gasteiger partial charge in [-0.1, -0.05) is 0 Å². The zero-order chi connectivity index (χ0) is 20.5. The van der Waals surface area contributed by atoms with Crippen molar-refractivity contribution in [2.45, 2.75) is 32.9 Å². The largest absolute Gasteiger partial charge is 0.459 e. The Labute approximate surface area is 193 Å². The first kappa shape index (κ1) is 25.4. The third-order valence-electron chi connectivity index (χ3n) is 4.23. The van der Waals surface area contributed by atoms with E-state index in [0.29, 0.717) is 25.4 Å². The van der Waals surface area contributed by atoms with Crippen LogP contribution in [0.3, 0.4) is 0 Å². The highest BCUT2D eigenvalue weighted by Gasteiger charge is 2.13. The summed E-state index contributed by atoms with van der Waals surface area (Å²) in [5, 5.41) is 9.17. The number of aromatic nitrogens is 1. The molecule has 0 radical (unpaired) electrons. The quantitative estimate of drug-likeness (QED) is 0.222. The molecular formula is C19H30IN5O3S. The standard InChI is InChI=1S/C19H29N5O3S.HI/c1-13-7-10-27-16(13)17(25)21-8-6-9-22-19(20-3)24(4)11-15-12-28-18(23-15)14(2)26-5;/h7,10,12,14H,6,8-9,11H2,1-5H3,(H,20,22)(H,21,25);1H. The molecule has 2 heterocycles. The molecule has 0 aliphatic heterocycles. The van der Waals surface area contributed by atoms with Crippen molar-refractivity contribution < 1.29 is 13.9 Å². The maximum atomic E-state index is 12.0. The SMILES string of the molecule is CN=C(NCCCNC(=O)c1occc1C)N(C)Cc1csc(C(C)OC)n1.I. The third-order valence-corrected chi connectivity index (χ3v) is 5.29. The number of aliphatic imine (C=N–C) groups is 1. The van der Waals surface area contributed by atoms with Gasteiger partial charge in [-0.25, -0.2) is 4.98 Å². The van der Waals surface area contributed by atoms with Gasteiger partial charge in [0.2, 0.25) is 0 Å². The molecule has 0 saturated heterocycles. The van der Waals surface area contributed by atoms with Crippen LogP contribution in [0.4, 0.5) is 0 Å². The highest BCUT2D eigenvalue weighted by Crippen LogP contribution is 2.20. The molecule has 2 aromatic heterocycles. The summed E-state index contributed by atoms with van der Waals surface area (Å²) in [7, 11) is 5.40. The van der Waals surface area contributed by atoms with Crippen LogP contribution in [-0.4, -0.2) is 56.0 Å². The minimum absolute atomic E-state index is 0. The molecule has 2 rings (SSSR count). The Hall–Kier alpha value is -1.66. The van der Waals surface area contributed by atoms with Crippen molar-refractivity contribution in [3.63, 3.8) is 0 Å². The number of hydrogen-bond donors (Lipinski definition) is 2. The van der Waals surface area contributed by atoms with Gasteiger partial charge in [0.05, 0.1) is 18.5 Å². The number of thiazole rings is 1. The van der Waals surface area contributed by atoms with Gasteiger partial charge in [-0.15, -0.1) is 35.3 Å². The number of guanidine groups is 1. The van der Waals surface area contributed by atoms with Crippen LogP contribution in [0.15, 0.2) is 27.1 Å². The predicted octanol–water partition coefficient (Wildman–Crippen LogP) is 3.20. The normalized spacial score (nSPS) is 12.2. The molecule has 0 bridgehead atoms. The Balaban J connectivity index is 0.00000420. The van der Waals surface area contributed by atoms with Gasteiger partial charge in [0.1, 0.15) is 11.1 Å². The Kier molecular flexibility index (Phi) is 11.2. The third kappa shape index (κ3) is 7.59. The fourth-order valence-electron chi connectivity index (χ4n) is 2.56. The number of aryl methyl sites for hydroxylation is 1. The number of ether oxygens (including phenoxy) is 1. The minimum Gasteiger partial charge on any atom is -0.459 e. The predicted molar refractivity (Wildman–Crippen MR) is 126 cm³/mol. The fraction of sp³-hybridized carbons (Fsp3) is 0.526. The van der Waals surface area contributed by atoms with E-state index in [1.807, 2.05) is 31.2 Å². The van der Waals surface area contributed by atoms with Crippen molar-refractivity contribution >= 4 is 47.2 Å². The molecule has 0 saturated carbocycles. The van der Waals surface area contributed by atoms with E-state index in [-0.39, 0.29) is 36.0 Å². The van der Waals surface area contributed by atoms with Gasteiger partial charge in [-0.2, -0.15) is 0 Å². The molecule has 0 aliphatic rings. The summed E-state index contributed by atoms with van der Waals surface area (Å²) in [6.07, 6.45) is 2.29. The Morgan fingerprint density at radius 3 is 2.76 bits per heavy atom. The van der Waals surface area contributed by atoms with Crippen molar-refractivity contribution in [1.29, 1.82) is 0 Å². The molecule has 2 aromatic rings. The summed E-state index contributed by atoms with van der Waals surface area (Å²) in [6.45, 7) is 5.73. The van der Waals surface area contributed by atoms with Crippen molar-refractivity contribution in [3.8, 4) is 0 Å². The van der Waals surface area contributed by atoms with Crippen LogP contribution in [0.2, 0.25) is 0 Å². The van der Waals surface area contributed by atoms with Crippen molar-refractivity contribution in [2.75, 3.05) is 34.3 Å². The summed E-state index contributed by atoms with van der Waals surface area (Å²) in [6, 6.07) is 1.78. The van der Waals surface area contributed by atoms with Gasteiger partial charge in [-0.3, -0.25) is 9.79 Å². The molecule has 0 aliphatic carbocycles. The summed E-state index contributed by atoms with van der Waals surface area (Å²) in [4.78, 5) is 22.9. The van der Waals surface area contributed by atoms with E-state index in [1.54, 1.807) is 31.6 Å². The number of halogens is 1. The van der Waals surface area contributed by atoms with Crippen molar-refractivity contribution in [2.24, 2.45) is 4.99 Å². The lowest BCUT2D eigenvalue weighted by Gasteiger charge is -2.21. The average molecular weight is 535 g/mol. The molecule has 1 amide bonds. The van der Waals surface area contributed by atoms with E-state index in [0.717, 1.165) is 28.6 Å². The molecule has 1 unspecified atom stereocenters. The number of hydrogen-bond acceptors (Lipinski definition) is 6. The van der Waals surface area contributed by atoms with Crippen molar-refractivity contribution in [3.05, 3.63) is 39.7 Å². The molecule has 8 nitrogen and oxygen atoms in total. The molecule has 29 heavy (non-hydrogen) atoms.